The number of ketones is 1. The number of hydrogen-bond acceptors (Lipinski definition) is 7. The second kappa shape index (κ2) is 11.4. The predicted molar refractivity (Wildman–Crippen MR) is 157 cm³/mol. The number of nitrogens with one attached hydrogen (secondary N) is 2. The van der Waals surface area contributed by atoms with Gasteiger partial charge in [-0.25, -0.2) is 0 Å². The molecular weight excluding hydrogens is 520 g/mol. The third kappa shape index (κ3) is 5.37. The van der Waals surface area contributed by atoms with Gasteiger partial charge in [0, 0.05) is 40.6 Å². The van der Waals surface area contributed by atoms with Gasteiger partial charge in [-0.05, 0) is 73.7 Å². The van der Waals surface area contributed by atoms with Gasteiger partial charge in [0.2, 0.25) is 0 Å². The normalized spacial score (nSPS) is 18.4. The average Bonchev–Trinajstić information content (AvgIpc) is 2.96. The van der Waals surface area contributed by atoms with E-state index in [-0.39, 0.29) is 29.8 Å². The number of phenolic OH excluding ortho intramolecular Hbond substituents is 1. The van der Waals surface area contributed by atoms with Crippen molar-refractivity contribution in [3.63, 3.8) is 0 Å². The average molecular weight is 555 g/mol. The van der Waals surface area contributed by atoms with E-state index in [2.05, 4.69) is 10.6 Å². The number of methoxy groups -OCH3 is 3. The lowest BCUT2D eigenvalue weighted by Gasteiger charge is -2.37. The maximum atomic E-state index is 14.0. The number of rotatable bonds is 7. The van der Waals surface area contributed by atoms with E-state index in [1.165, 1.54) is 7.11 Å². The molecule has 1 heterocycles. The van der Waals surface area contributed by atoms with Crippen molar-refractivity contribution in [2.45, 2.75) is 38.5 Å². The Morgan fingerprint density at radius 1 is 0.854 bits per heavy atom. The van der Waals surface area contributed by atoms with E-state index in [4.69, 9.17) is 14.2 Å². The summed E-state index contributed by atoms with van der Waals surface area (Å²) in [4.78, 5) is 27.8. The number of dihydropyridines is 1. The van der Waals surface area contributed by atoms with Crippen molar-refractivity contribution in [1.29, 1.82) is 0 Å². The first-order valence-corrected chi connectivity index (χ1v) is 13.4. The lowest BCUT2D eigenvalue weighted by molar-refractivity contribution is -0.116. The maximum absolute atomic E-state index is 14.0. The van der Waals surface area contributed by atoms with E-state index in [0.717, 1.165) is 16.8 Å². The quantitative estimate of drug-likeness (QED) is 0.343. The van der Waals surface area contributed by atoms with E-state index in [1.54, 1.807) is 32.4 Å². The molecule has 3 N–H and O–H groups in total. The molecule has 3 aromatic carbocycles. The van der Waals surface area contributed by atoms with Crippen LogP contribution < -0.4 is 24.8 Å². The number of ether oxygens (including phenoxy) is 3. The van der Waals surface area contributed by atoms with Crippen molar-refractivity contribution in [2.75, 3.05) is 26.6 Å². The Kier molecular flexibility index (Phi) is 7.75. The molecule has 1 aliphatic carbocycles. The van der Waals surface area contributed by atoms with Gasteiger partial charge in [0.05, 0.1) is 21.3 Å². The van der Waals surface area contributed by atoms with Crippen LogP contribution in [0.5, 0.6) is 23.0 Å². The van der Waals surface area contributed by atoms with Crippen LogP contribution in [0.1, 0.15) is 48.3 Å². The van der Waals surface area contributed by atoms with Crippen LogP contribution in [0.15, 0.2) is 83.2 Å². The molecule has 1 amide bonds. The molecule has 8 nitrogen and oxygen atoms in total. The Morgan fingerprint density at radius 3 is 2.17 bits per heavy atom. The highest BCUT2D eigenvalue weighted by molar-refractivity contribution is 6.10. The molecule has 0 saturated heterocycles. The maximum Gasteiger partial charge on any atom is 0.254 e. The van der Waals surface area contributed by atoms with Gasteiger partial charge >= 0.3 is 0 Å². The van der Waals surface area contributed by atoms with E-state index in [0.29, 0.717) is 51.8 Å². The summed E-state index contributed by atoms with van der Waals surface area (Å²) in [6, 6.07) is 18.3. The number of phenols is 1. The highest BCUT2D eigenvalue weighted by atomic mass is 16.5. The van der Waals surface area contributed by atoms with Gasteiger partial charge in [-0.1, -0.05) is 29.8 Å². The first kappa shape index (κ1) is 27.8. The first-order chi connectivity index (χ1) is 19.7. The molecule has 41 heavy (non-hydrogen) atoms. The standard InChI is InChI=1S/C33H34N2O6/c1-18-6-10-23(11-7-18)35-33(38)30-19(2)34-24-14-22(20-8-13-28(40-4)29(17-20)41-5)16-26(37)32(24)31(30)21-9-12-27(39-3)25(36)15-21/h6-13,15,17,22,31,34,36H,14,16H2,1-5H3,(H,35,38). The van der Waals surface area contributed by atoms with Crippen LogP contribution in [0.4, 0.5) is 5.69 Å². The smallest absolute Gasteiger partial charge is 0.254 e. The third-order valence-electron chi connectivity index (χ3n) is 7.80. The molecule has 0 spiro atoms. The summed E-state index contributed by atoms with van der Waals surface area (Å²) in [6.45, 7) is 3.82. The highest BCUT2D eigenvalue weighted by Gasteiger charge is 2.41. The van der Waals surface area contributed by atoms with E-state index >= 15 is 0 Å². The number of amides is 1. The molecule has 0 aromatic heterocycles. The summed E-state index contributed by atoms with van der Waals surface area (Å²) >= 11 is 0. The van der Waals surface area contributed by atoms with Crippen LogP contribution >= 0.6 is 0 Å². The van der Waals surface area contributed by atoms with Gasteiger partial charge in [0.15, 0.2) is 28.8 Å². The topological polar surface area (TPSA) is 106 Å². The Balaban J connectivity index is 1.56. The molecule has 0 saturated carbocycles. The number of carbonyl (C=O) groups is 2. The first-order valence-electron chi connectivity index (χ1n) is 13.4. The van der Waals surface area contributed by atoms with Crippen molar-refractivity contribution < 1.29 is 28.9 Å². The van der Waals surface area contributed by atoms with Gasteiger partial charge in [-0.15, -0.1) is 0 Å². The minimum atomic E-state index is -0.674. The Bertz CT molecular complexity index is 1570. The highest BCUT2D eigenvalue weighted by Crippen LogP contribution is 2.47. The zero-order chi connectivity index (χ0) is 29.3. The third-order valence-corrected chi connectivity index (χ3v) is 7.80. The van der Waals surface area contributed by atoms with Gasteiger partial charge in [-0.3, -0.25) is 9.59 Å². The molecule has 5 rings (SSSR count). The van der Waals surface area contributed by atoms with Crippen LogP contribution in [0, 0.1) is 6.92 Å². The number of allylic oxidation sites excluding steroid dienone is 3. The number of aromatic hydroxyl groups is 1. The minimum Gasteiger partial charge on any atom is -0.504 e. The molecule has 212 valence electrons. The molecule has 1 aliphatic heterocycles. The van der Waals surface area contributed by atoms with Crippen molar-refractivity contribution in [3.8, 4) is 23.0 Å². The second-order valence-corrected chi connectivity index (χ2v) is 10.4. The van der Waals surface area contributed by atoms with E-state index in [1.807, 2.05) is 56.3 Å². The minimum absolute atomic E-state index is 0.0620. The summed E-state index contributed by atoms with van der Waals surface area (Å²) < 4.78 is 16.1. The second-order valence-electron chi connectivity index (χ2n) is 10.4. The fraction of sp³-hybridized carbons (Fsp3) is 0.273. The zero-order valence-electron chi connectivity index (χ0n) is 23.8. The van der Waals surface area contributed by atoms with Gasteiger partial charge < -0.3 is 30.0 Å². The molecule has 8 heteroatoms. The zero-order valence-corrected chi connectivity index (χ0v) is 23.8. The monoisotopic (exact) mass is 554 g/mol. The number of Topliss-reactive ketones (excluding diaryl/α,β-unsaturated/α-hetero) is 1. The fourth-order valence-electron chi connectivity index (χ4n) is 5.74. The lowest BCUT2D eigenvalue weighted by atomic mass is 9.71. The number of hydrogen-bond donors (Lipinski definition) is 3. The van der Waals surface area contributed by atoms with E-state index in [9.17, 15) is 14.7 Å². The lowest BCUT2D eigenvalue weighted by Crippen LogP contribution is -2.37. The Hall–Kier alpha value is -4.72. The van der Waals surface area contributed by atoms with Crippen LogP contribution in [0.2, 0.25) is 0 Å². The van der Waals surface area contributed by atoms with Crippen LogP contribution in [0.25, 0.3) is 0 Å². The molecule has 3 aromatic rings. The van der Waals surface area contributed by atoms with Gasteiger partial charge in [0.25, 0.3) is 5.91 Å². The SMILES string of the molecule is COc1ccc(C2C(C(=O)Nc3ccc(C)cc3)=C(C)NC3=C2C(=O)CC(c2ccc(OC)c(OC)c2)C3)cc1O. The molecule has 0 radical (unpaired) electrons. The molecule has 2 unspecified atom stereocenters. The van der Waals surface area contributed by atoms with Crippen molar-refractivity contribution in [1.82, 2.24) is 5.32 Å². The Morgan fingerprint density at radius 2 is 1.51 bits per heavy atom. The van der Waals surface area contributed by atoms with Gasteiger partial charge in [-0.2, -0.15) is 0 Å². The molecule has 2 aliphatic rings. The molecule has 2 atom stereocenters. The van der Waals surface area contributed by atoms with Gasteiger partial charge in [0.1, 0.15) is 0 Å². The summed E-state index contributed by atoms with van der Waals surface area (Å²) in [5.41, 5.74) is 5.70. The fourth-order valence-corrected chi connectivity index (χ4v) is 5.74. The van der Waals surface area contributed by atoms with Crippen LogP contribution in [-0.4, -0.2) is 38.1 Å². The molecule has 0 fully saturated rings. The number of carbonyl (C=O) groups excluding carboxylic acids is 2. The van der Waals surface area contributed by atoms with Crippen LogP contribution in [-0.2, 0) is 9.59 Å². The number of anilines is 1. The molecule has 0 bridgehead atoms. The van der Waals surface area contributed by atoms with Crippen LogP contribution in [0.3, 0.4) is 0 Å². The summed E-state index contributed by atoms with van der Waals surface area (Å²) in [7, 11) is 4.65. The summed E-state index contributed by atoms with van der Waals surface area (Å²) in [5, 5.41) is 17.0. The number of benzene rings is 3. The van der Waals surface area contributed by atoms with Crippen molar-refractivity contribution in [3.05, 3.63) is 99.9 Å². The summed E-state index contributed by atoms with van der Waals surface area (Å²) in [6.07, 6.45) is 0.833. The predicted octanol–water partition coefficient (Wildman–Crippen LogP) is 5.73. The largest absolute Gasteiger partial charge is 0.504 e. The summed E-state index contributed by atoms with van der Waals surface area (Å²) in [5.74, 6) is 0.330. The molecular formula is C33H34N2O6. The van der Waals surface area contributed by atoms with E-state index < -0.39 is 5.92 Å². The number of aryl methyl sites for hydroxylation is 1. The van der Waals surface area contributed by atoms with Crippen molar-refractivity contribution >= 4 is 17.4 Å². The Labute approximate surface area is 239 Å². The van der Waals surface area contributed by atoms with Crippen molar-refractivity contribution in [2.24, 2.45) is 0 Å².